The summed E-state index contributed by atoms with van der Waals surface area (Å²) in [7, 11) is 4.10. The van der Waals surface area contributed by atoms with Gasteiger partial charge < -0.3 is 19.7 Å². The van der Waals surface area contributed by atoms with Gasteiger partial charge in [-0.25, -0.2) is 9.97 Å². The summed E-state index contributed by atoms with van der Waals surface area (Å²) in [6.07, 6.45) is 7.85. The van der Waals surface area contributed by atoms with Crippen molar-refractivity contribution in [3.05, 3.63) is 65.9 Å². The maximum atomic E-state index is 9.00. The lowest BCUT2D eigenvalue weighted by Gasteiger charge is -2.21. The van der Waals surface area contributed by atoms with Gasteiger partial charge in [0.2, 0.25) is 0 Å². The van der Waals surface area contributed by atoms with Gasteiger partial charge in [0.05, 0.1) is 22.8 Å². The summed E-state index contributed by atoms with van der Waals surface area (Å²) in [6.45, 7) is 2.82. The van der Waals surface area contributed by atoms with Gasteiger partial charge in [-0.1, -0.05) is 66.6 Å². The minimum absolute atomic E-state index is 0.220. The lowest BCUT2D eigenvalue weighted by molar-refractivity contribution is -0.134. The molecule has 1 aliphatic carbocycles. The van der Waals surface area contributed by atoms with Crippen LogP contribution < -0.4 is 4.74 Å². The molecule has 0 amide bonds. The minimum Gasteiger partial charge on any atom is -0.481 e. The van der Waals surface area contributed by atoms with Gasteiger partial charge in [-0.3, -0.25) is 9.48 Å². The Hall–Kier alpha value is -4.28. The molecule has 3 aromatic heterocycles. The second-order valence-corrected chi connectivity index (χ2v) is 11.3. The zero-order valence-electron chi connectivity index (χ0n) is 24.6. The van der Waals surface area contributed by atoms with Crippen LogP contribution >= 0.6 is 11.6 Å². The van der Waals surface area contributed by atoms with Crippen LogP contribution in [-0.2, 0) is 11.3 Å². The third-order valence-corrected chi connectivity index (χ3v) is 7.47. The number of nitrogens with one attached hydrogen (secondary N) is 1. The van der Waals surface area contributed by atoms with Crippen LogP contribution in [0.2, 0.25) is 5.02 Å². The predicted octanol–water partition coefficient (Wildman–Crippen LogP) is 6.57. The van der Waals surface area contributed by atoms with Crippen molar-refractivity contribution in [2.75, 3.05) is 20.6 Å². The van der Waals surface area contributed by atoms with E-state index in [1.165, 1.54) is 19.3 Å². The smallest absolute Gasteiger partial charge is 0.300 e. The summed E-state index contributed by atoms with van der Waals surface area (Å²) < 4.78 is 7.97. The monoisotopic (exact) mass is 601 g/mol. The molecular formula is C32H36ClN7O3. The molecule has 43 heavy (non-hydrogen) atoms. The van der Waals surface area contributed by atoms with Crippen LogP contribution in [0.25, 0.3) is 44.9 Å². The molecule has 0 bridgehead atoms. The van der Waals surface area contributed by atoms with E-state index in [0.717, 1.165) is 66.4 Å². The number of hydrogen-bond acceptors (Lipinski definition) is 7. The zero-order valence-corrected chi connectivity index (χ0v) is 25.4. The largest absolute Gasteiger partial charge is 0.481 e. The summed E-state index contributed by atoms with van der Waals surface area (Å²) in [5.74, 6) is -0.0996. The molecule has 11 heteroatoms. The highest BCUT2D eigenvalue weighted by atomic mass is 35.5. The molecule has 2 N–H and O–H groups in total. The number of ether oxygens (including phenoxy) is 1. The first-order chi connectivity index (χ1) is 20.7. The van der Waals surface area contributed by atoms with Crippen LogP contribution in [0.15, 0.2) is 60.9 Å². The van der Waals surface area contributed by atoms with Crippen molar-refractivity contribution < 1.29 is 14.6 Å². The molecule has 3 heterocycles. The van der Waals surface area contributed by atoms with Crippen LogP contribution in [0, 0.1) is 0 Å². The number of fused-ring (bicyclic) bond motifs is 1. The number of pyridine rings is 1. The van der Waals surface area contributed by atoms with Gasteiger partial charge in [0.25, 0.3) is 12.0 Å². The number of halogens is 1. The van der Waals surface area contributed by atoms with Gasteiger partial charge in [-0.2, -0.15) is 10.1 Å². The number of rotatable bonds is 8. The third kappa shape index (κ3) is 7.97. The number of H-pyrrole nitrogens is 1. The van der Waals surface area contributed by atoms with E-state index in [-0.39, 0.29) is 6.10 Å². The van der Waals surface area contributed by atoms with Crippen molar-refractivity contribution in [3.63, 3.8) is 0 Å². The molecule has 2 aromatic carbocycles. The van der Waals surface area contributed by atoms with E-state index in [1.54, 1.807) is 6.33 Å². The number of imidazole rings is 1. The number of carboxylic acid groups (broad SMARTS) is 1. The molecule has 224 valence electrons. The molecule has 0 aliphatic heterocycles. The Bertz CT molecular complexity index is 1650. The van der Waals surface area contributed by atoms with Crippen molar-refractivity contribution in [1.29, 1.82) is 0 Å². The minimum atomic E-state index is -0.833. The first kappa shape index (κ1) is 30.2. The van der Waals surface area contributed by atoms with E-state index in [9.17, 15) is 0 Å². The first-order valence-electron chi connectivity index (χ1n) is 14.4. The Morgan fingerprint density at radius 1 is 1.00 bits per heavy atom. The molecule has 1 saturated carbocycles. The van der Waals surface area contributed by atoms with Gasteiger partial charge in [0, 0.05) is 24.6 Å². The van der Waals surface area contributed by atoms with E-state index in [4.69, 9.17) is 31.2 Å². The second-order valence-electron chi connectivity index (χ2n) is 10.9. The van der Waals surface area contributed by atoms with Crippen LogP contribution in [0.5, 0.6) is 6.01 Å². The summed E-state index contributed by atoms with van der Waals surface area (Å²) in [4.78, 5) is 28.2. The number of carboxylic acids is 1. The molecular weight excluding hydrogens is 566 g/mol. The van der Waals surface area contributed by atoms with Crippen LogP contribution in [0.3, 0.4) is 0 Å². The average Bonchev–Trinajstić information content (AvgIpc) is 3.63. The summed E-state index contributed by atoms with van der Waals surface area (Å²) >= 11 is 6.64. The number of nitrogens with zero attached hydrogens (tertiary/aromatic N) is 6. The summed E-state index contributed by atoms with van der Waals surface area (Å²) in [5.41, 5.74) is 6.25. The van der Waals surface area contributed by atoms with Crippen molar-refractivity contribution in [2.45, 2.75) is 51.7 Å². The summed E-state index contributed by atoms with van der Waals surface area (Å²) in [5, 5.41) is 12.6. The zero-order chi connectivity index (χ0) is 30.3. The third-order valence-electron chi connectivity index (χ3n) is 7.18. The van der Waals surface area contributed by atoms with E-state index in [1.807, 2.05) is 22.9 Å². The fraction of sp³-hybridized carbons (Fsp3) is 0.344. The SMILES string of the molecule is CC(=O)O.CN(C)CCn1cnc(-c2ccc(-c3ccc(-c4nc5nc(OC6CCCCC6)[nH]c5cc4Cl)cc3)cc2)n1. The van der Waals surface area contributed by atoms with E-state index < -0.39 is 5.97 Å². The number of hydrogen-bond donors (Lipinski definition) is 2. The molecule has 10 nitrogen and oxygen atoms in total. The highest BCUT2D eigenvalue weighted by molar-refractivity contribution is 6.33. The molecule has 0 spiro atoms. The predicted molar refractivity (Wildman–Crippen MR) is 168 cm³/mol. The number of aromatic amines is 1. The van der Waals surface area contributed by atoms with Gasteiger partial charge in [0.15, 0.2) is 11.5 Å². The summed E-state index contributed by atoms with van der Waals surface area (Å²) in [6, 6.07) is 19.0. The standard InChI is InChI=1S/C30H32ClN7O.C2H4O2/c1-37(2)16-17-38-19-32-28(36-38)23-14-10-21(11-15-23)20-8-12-22(13-9-20)27-25(31)18-26-29(34-27)35-30(33-26)39-24-6-4-3-5-7-24;1-2(3)4/h8-15,18-19,24H,3-7,16-17H2,1-2H3,(H,33,34,35);1H3,(H,3,4). The number of carbonyl (C=O) groups is 1. The fourth-order valence-electron chi connectivity index (χ4n) is 4.96. The lowest BCUT2D eigenvalue weighted by Crippen LogP contribution is -2.20. The van der Waals surface area contributed by atoms with Crippen LogP contribution in [0.4, 0.5) is 0 Å². The highest BCUT2D eigenvalue weighted by Crippen LogP contribution is 2.32. The maximum absolute atomic E-state index is 9.00. The van der Waals surface area contributed by atoms with Crippen molar-refractivity contribution in [3.8, 4) is 39.8 Å². The Kier molecular flexibility index (Phi) is 9.68. The molecule has 0 radical (unpaired) electrons. The van der Waals surface area contributed by atoms with Gasteiger partial charge in [-0.15, -0.1) is 0 Å². The number of benzene rings is 2. The van der Waals surface area contributed by atoms with Crippen LogP contribution in [-0.4, -0.2) is 72.4 Å². The number of aromatic nitrogens is 6. The van der Waals surface area contributed by atoms with Crippen molar-refractivity contribution in [1.82, 2.24) is 34.6 Å². The Balaban J connectivity index is 0.000000868. The van der Waals surface area contributed by atoms with Crippen molar-refractivity contribution >= 4 is 28.7 Å². The molecule has 1 aliphatic rings. The van der Waals surface area contributed by atoms with Gasteiger partial charge >= 0.3 is 0 Å². The fourth-order valence-corrected chi connectivity index (χ4v) is 5.22. The Morgan fingerprint density at radius 3 is 2.23 bits per heavy atom. The average molecular weight is 602 g/mol. The normalized spacial score (nSPS) is 13.6. The van der Waals surface area contributed by atoms with E-state index in [2.05, 4.69) is 75.4 Å². The molecule has 0 unspecified atom stereocenters. The van der Waals surface area contributed by atoms with E-state index >= 15 is 0 Å². The Labute approximate surface area is 255 Å². The van der Waals surface area contributed by atoms with Gasteiger partial charge in [0.1, 0.15) is 12.4 Å². The van der Waals surface area contributed by atoms with Crippen LogP contribution in [0.1, 0.15) is 39.0 Å². The van der Waals surface area contributed by atoms with E-state index in [0.29, 0.717) is 22.4 Å². The number of aliphatic carboxylic acids is 1. The molecule has 5 aromatic rings. The molecule has 0 atom stereocenters. The Morgan fingerprint density at radius 2 is 1.60 bits per heavy atom. The first-order valence-corrected chi connectivity index (χ1v) is 14.8. The van der Waals surface area contributed by atoms with Gasteiger partial charge in [-0.05, 0) is 57.0 Å². The maximum Gasteiger partial charge on any atom is 0.300 e. The number of likely N-dealkylation sites (N-methyl/N-ethyl adjacent to an activating group) is 1. The highest BCUT2D eigenvalue weighted by Gasteiger charge is 2.18. The lowest BCUT2D eigenvalue weighted by atomic mass is 9.98. The molecule has 0 saturated heterocycles. The quantitative estimate of drug-likeness (QED) is 0.205. The topological polar surface area (TPSA) is 122 Å². The van der Waals surface area contributed by atoms with Crippen molar-refractivity contribution in [2.24, 2.45) is 0 Å². The molecule has 6 rings (SSSR count). The second kappa shape index (κ2) is 13.8. The molecule has 1 fully saturated rings.